The predicted octanol–water partition coefficient (Wildman–Crippen LogP) is 4.88. The number of thiazole rings is 1. The number of rotatable bonds is 6. The minimum atomic E-state index is -1.05. The fourth-order valence-corrected chi connectivity index (χ4v) is 3.51. The van der Waals surface area contributed by atoms with Crippen LogP contribution in [0.3, 0.4) is 0 Å². The number of hydrogen-bond donors (Lipinski definition) is 2. The van der Waals surface area contributed by atoms with E-state index in [1.807, 2.05) is 26.8 Å². The lowest BCUT2D eigenvalue weighted by Gasteiger charge is -2.21. The highest BCUT2D eigenvalue weighted by molar-refractivity contribution is 7.18. The zero-order valence-electron chi connectivity index (χ0n) is 16.1. The van der Waals surface area contributed by atoms with E-state index in [0.29, 0.717) is 15.5 Å². The highest BCUT2D eigenvalue weighted by Gasteiger charge is 2.22. The van der Waals surface area contributed by atoms with Crippen molar-refractivity contribution in [3.05, 3.63) is 57.6 Å². The molecule has 0 saturated carbocycles. The molecule has 3 rings (SSSR count). The molecule has 0 spiro atoms. The molecular formula is C20H20ClF2N3O2S. The Morgan fingerprint density at radius 1 is 1.24 bits per heavy atom. The van der Waals surface area contributed by atoms with Crippen LogP contribution in [0.15, 0.2) is 30.3 Å². The fourth-order valence-electron chi connectivity index (χ4n) is 2.48. The number of aromatic nitrogens is 1. The molecule has 0 fully saturated rings. The predicted molar refractivity (Wildman–Crippen MR) is 111 cm³/mol. The van der Waals surface area contributed by atoms with Crippen LogP contribution in [0.4, 0.5) is 8.78 Å². The quantitative estimate of drug-likeness (QED) is 0.537. The van der Waals surface area contributed by atoms with E-state index >= 15 is 0 Å². The summed E-state index contributed by atoms with van der Waals surface area (Å²) in [6, 6.07) is 7.47. The number of ether oxygens (including phenoxy) is 1. The molecule has 2 aromatic carbocycles. The molecule has 0 saturated heterocycles. The van der Waals surface area contributed by atoms with Crippen LogP contribution in [-0.2, 0) is 6.61 Å². The van der Waals surface area contributed by atoms with Gasteiger partial charge < -0.3 is 10.1 Å². The average Bonchev–Trinajstić information content (AvgIpc) is 3.02. The zero-order chi connectivity index (χ0) is 21.2. The van der Waals surface area contributed by atoms with E-state index in [0.717, 1.165) is 16.8 Å². The van der Waals surface area contributed by atoms with E-state index in [2.05, 4.69) is 15.6 Å². The first-order chi connectivity index (χ1) is 13.6. The summed E-state index contributed by atoms with van der Waals surface area (Å²) < 4.78 is 35.2. The first-order valence-corrected chi connectivity index (χ1v) is 10.0. The van der Waals surface area contributed by atoms with Gasteiger partial charge in [0, 0.05) is 10.6 Å². The molecule has 0 unspecified atom stereocenters. The summed E-state index contributed by atoms with van der Waals surface area (Å²) in [7, 11) is 0. The molecule has 0 bridgehead atoms. The van der Waals surface area contributed by atoms with Gasteiger partial charge in [-0.3, -0.25) is 10.1 Å². The SMILES string of the molecule is CC(C)(C)NCNC(=O)c1c(F)ccc(OCc2nc3cc(Cl)ccc3s2)c1F. The van der Waals surface area contributed by atoms with Gasteiger partial charge in [0.2, 0.25) is 0 Å². The third-order valence-corrected chi connectivity index (χ3v) is 5.14. The summed E-state index contributed by atoms with van der Waals surface area (Å²) in [5.74, 6) is -3.10. The van der Waals surface area contributed by atoms with Crippen molar-refractivity contribution >= 4 is 39.1 Å². The Morgan fingerprint density at radius 3 is 2.72 bits per heavy atom. The Bertz CT molecular complexity index is 1050. The van der Waals surface area contributed by atoms with Crippen molar-refractivity contribution in [3.8, 4) is 5.75 Å². The maximum absolute atomic E-state index is 14.7. The lowest BCUT2D eigenvalue weighted by molar-refractivity contribution is 0.0937. The summed E-state index contributed by atoms with van der Waals surface area (Å²) in [5, 5.41) is 6.64. The van der Waals surface area contributed by atoms with Crippen LogP contribution in [0.5, 0.6) is 5.75 Å². The van der Waals surface area contributed by atoms with Gasteiger partial charge in [0.05, 0.1) is 16.9 Å². The maximum atomic E-state index is 14.7. The summed E-state index contributed by atoms with van der Waals surface area (Å²) in [6.45, 7) is 5.77. The number of amides is 1. The molecule has 0 aliphatic rings. The molecule has 3 aromatic rings. The summed E-state index contributed by atoms with van der Waals surface area (Å²) >= 11 is 7.33. The van der Waals surface area contributed by atoms with Crippen molar-refractivity contribution in [1.29, 1.82) is 0 Å². The highest BCUT2D eigenvalue weighted by atomic mass is 35.5. The Morgan fingerprint density at radius 2 is 2.00 bits per heavy atom. The first-order valence-electron chi connectivity index (χ1n) is 8.83. The number of nitrogens with zero attached hydrogens (tertiary/aromatic N) is 1. The Hall–Kier alpha value is -2.29. The molecule has 1 aromatic heterocycles. The van der Waals surface area contributed by atoms with Gasteiger partial charge in [-0.15, -0.1) is 11.3 Å². The maximum Gasteiger partial charge on any atom is 0.258 e. The van der Waals surface area contributed by atoms with E-state index in [-0.39, 0.29) is 24.6 Å². The highest BCUT2D eigenvalue weighted by Crippen LogP contribution is 2.28. The average molecular weight is 440 g/mol. The Kier molecular flexibility index (Phi) is 6.36. The molecule has 9 heteroatoms. The Labute approximate surface area is 176 Å². The van der Waals surface area contributed by atoms with Crippen molar-refractivity contribution in [2.24, 2.45) is 0 Å². The molecule has 154 valence electrons. The van der Waals surface area contributed by atoms with Crippen LogP contribution >= 0.6 is 22.9 Å². The molecule has 1 heterocycles. The number of carbonyl (C=O) groups is 1. The van der Waals surface area contributed by atoms with Crippen molar-refractivity contribution in [3.63, 3.8) is 0 Å². The second-order valence-electron chi connectivity index (χ2n) is 7.35. The third kappa shape index (κ3) is 5.41. The van der Waals surface area contributed by atoms with Crippen molar-refractivity contribution < 1.29 is 18.3 Å². The van der Waals surface area contributed by atoms with Gasteiger partial charge in [-0.1, -0.05) is 11.6 Å². The number of fused-ring (bicyclic) bond motifs is 1. The lowest BCUT2D eigenvalue weighted by atomic mass is 10.1. The normalized spacial score (nSPS) is 11.7. The lowest BCUT2D eigenvalue weighted by Crippen LogP contribution is -2.44. The third-order valence-electron chi connectivity index (χ3n) is 3.90. The number of halogens is 3. The van der Waals surface area contributed by atoms with Gasteiger partial charge in [-0.25, -0.2) is 13.8 Å². The second kappa shape index (κ2) is 8.61. The van der Waals surface area contributed by atoms with Crippen LogP contribution in [0.25, 0.3) is 10.2 Å². The van der Waals surface area contributed by atoms with Gasteiger partial charge in [0.15, 0.2) is 11.6 Å². The minimum Gasteiger partial charge on any atom is -0.483 e. The summed E-state index contributed by atoms with van der Waals surface area (Å²) in [6.07, 6.45) is 0. The fraction of sp³-hybridized carbons (Fsp3) is 0.300. The summed E-state index contributed by atoms with van der Waals surface area (Å²) in [5.41, 5.74) is -0.224. The smallest absolute Gasteiger partial charge is 0.258 e. The van der Waals surface area contributed by atoms with Crippen LogP contribution in [0.2, 0.25) is 5.02 Å². The molecule has 29 heavy (non-hydrogen) atoms. The van der Waals surface area contributed by atoms with E-state index in [4.69, 9.17) is 16.3 Å². The zero-order valence-corrected chi connectivity index (χ0v) is 17.7. The summed E-state index contributed by atoms with van der Waals surface area (Å²) in [4.78, 5) is 16.6. The molecule has 1 amide bonds. The van der Waals surface area contributed by atoms with E-state index in [9.17, 15) is 13.6 Å². The van der Waals surface area contributed by atoms with Gasteiger partial charge in [-0.05, 0) is 51.1 Å². The van der Waals surface area contributed by atoms with Crippen LogP contribution in [0.1, 0.15) is 36.1 Å². The molecule has 0 aliphatic carbocycles. The van der Waals surface area contributed by atoms with Crippen molar-refractivity contribution in [2.45, 2.75) is 32.9 Å². The van der Waals surface area contributed by atoms with Gasteiger partial charge >= 0.3 is 0 Å². The molecule has 5 nitrogen and oxygen atoms in total. The largest absolute Gasteiger partial charge is 0.483 e. The van der Waals surface area contributed by atoms with Crippen LogP contribution < -0.4 is 15.4 Å². The van der Waals surface area contributed by atoms with E-state index in [1.165, 1.54) is 11.3 Å². The standard InChI is InChI=1S/C20H20ClF2N3O2S/c1-20(2,3)25-10-24-19(27)17-12(22)5-6-14(18(17)23)28-9-16-26-13-8-11(21)4-7-15(13)29-16/h4-8,25H,9-10H2,1-3H3,(H,24,27). The molecule has 2 N–H and O–H groups in total. The molecule has 0 radical (unpaired) electrons. The van der Waals surface area contributed by atoms with Crippen LogP contribution in [0, 0.1) is 11.6 Å². The van der Waals surface area contributed by atoms with E-state index < -0.39 is 23.1 Å². The number of carbonyl (C=O) groups excluding carboxylic acids is 1. The molecule has 0 atom stereocenters. The molecule has 0 aliphatic heterocycles. The van der Waals surface area contributed by atoms with Gasteiger partial charge in [-0.2, -0.15) is 0 Å². The second-order valence-corrected chi connectivity index (χ2v) is 8.90. The van der Waals surface area contributed by atoms with Gasteiger partial charge in [0.25, 0.3) is 5.91 Å². The van der Waals surface area contributed by atoms with Crippen molar-refractivity contribution in [1.82, 2.24) is 15.6 Å². The number of hydrogen-bond acceptors (Lipinski definition) is 5. The minimum absolute atomic E-state index is 0.0217. The number of benzene rings is 2. The topological polar surface area (TPSA) is 63.2 Å². The molecular weight excluding hydrogens is 420 g/mol. The van der Waals surface area contributed by atoms with Crippen molar-refractivity contribution in [2.75, 3.05) is 6.67 Å². The monoisotopic (exact) mass is 439 g/mol. The van der Waals surface area contributed by atoms with Gasteiger partial charge in [0.1, 0.15) is 23.0 Å². The van der Waals surface area contributed by atoms with E-state index in [1.54, 1.807) is 12.1 Å². The Balaban J connectivity index is 1.72. The first kappa shape index (κ1) is 21.4. The van der Waals surface area contributed by atoms with Crippen LogP contribution in [-0.4, -0.2) is 23.1 Å². The number of nitrogens with one attached hydrogen (secondary N) is 2.